The van der Waals surface area contributed by atoms with E-state index < -0.39 is 5.97 Å². The number of nitrogens with one attached hydrogen (secondary N) is 1. The topological polar surface area (TPSA) is 70.2 Å². The zero-order valence-electron chi connectivity index (χ0n) is 10.5. The molecule has 0 radical (unpaired) electrons. The summed E-state index contributed by atoms with van der Waals surface area (Å²) in [5.41, 5.74) is 2.10. The van der Waals surface area contributed by atoms with E-state index in [1.54, 1.807) is 0 Å². The number of rotatable bonds is 2. The largest absolute Gasteiger partial charge is 0.478 e. The Morgan fingerprint density at radius 3 is 2.45 bits per heavy atom. The SMILES string of the molecule is O=C(O)c1ccc2c(=O)cc(-c3ccccc3)[nH]c2c1. The number of H-pyrrole nitrogens is 1. The van der Waals surface area contributed by atoms with Gasteiger partial charge in [0.05, 0.1) is 11.1 Å². The molecule has 3 aromatic rings. The van der Waals surface area contributed by atoms with Crippen LogP contribution in [0.25, 0.3) is 22.2 Å². The molecule has 4 nitrogen and oxygen atoms in total. The van der Waals surface area contributed by atoms with E-state index in [9.17, 15) is 9.59 Å². The second kappa shape index (κ2) is 4.66. The smallest absolute Gasteiger partial charge is 0.335 e. The van der Waals surface area contributed by atoms with Gasteiger partial charge in [-0.05, 0) is 23.8 Å². The van der Waals surface area contributed by atoms with Crippen molar-refractivity contribution in [1.82, 2.24) is 4.98 Å². The van der Waals surface area contributed by atoms with Crippen molar-refractivity contribution in [3.8, 4) is 11.3 Å². The summed E-state index contributed by atoms with van der Waals surface area (Å²) in [6.45, 7) is 0. The monoisotopic (exact) mass is 265 g/mol. The average Bonchev–Trinajstić information content (AvgIpc) is 2.47. The second-order valence-corrected chi connectivity index (χ2v) is 4.48. The quantitative estimate of drug-likeness (QED) is 0.748. The van der Waals surface area contributed by atoms with Crippen LogP contribution in [0.1, 0.15) is 10.4 Å². The van der Waals surface area contributed by atoms with E-state index in [2.05, 4.69) is 4.98 Å². The summed E-state index contributed by atoms with van der Waals surface area (Å²) in [4.78, 5) is 26.2. The van der Waals surface area contributed by atoms with Crippen LogP contribution in [0.15, 0.2) is 59.4 Å². The first-order valence-corrected chi connectivity index (χ1v) is 6.11. The van der Waals surface area contributed by atoms with Crippen molar-refractivity contribution in [2.24, 2.45) is 0 Å². The molecule has 1 heterocycles. The summed E-state index contributed by atoms with van der Waals surface area (Å²) in [5.74, 6) is -1.02. The lowest BCUT2D eigenvalue weighted by Gasteiger charge is -2.05. The third kappa shape index (κ3) is 2.07. The molecule has 0 spiro atoms. The molecule has 0 amide bonds. The molecule has 0 unspecified atom stereocenters. The van der Waals surface area contributed by atoms with Gasteiger partial charge in [0.2, 0.25) is 0 Å². The number of carboxylic acid groups (broad SMARTS) is 1. The fourth-order valence-corrected chi connectivity index (χ4v) is 2.16. The minimum atomic E-state index is -1.02. The Balaban J connectivity index is 2.27. The average molecular weight is 265 g/mol. The van der Waals surface area contributed by atoms with Gasteiger partial charge in [-0.15, -0.1) is 0 Å². The maximum Gasteiger partial charge on any atom is 0.335 e. The maximum atomic E-state index is 12.1. The van der Waals surface area contributed by atoms with Crippen LogP contribution >= 0.6 is 0 Å². The van der Waals surface area contributed by atoms with Crippen LogP contribution in [0.4, 0.5) is 0 Å². The fourth-order valence-electron chi connectivity index (χ4n) is 2.16. The van der Waals surface area contributed by atoms with Crippen molar-refractivity contribution in [1.29, 1.82) is 0 Å². The molecule has 98 valence electrons. The van der Waals surface area contributed by atoms with Crippen molar-refractivity contribution in [3.05, 3.63) is 70.4 Å². The van der Waals surface area contributed by atoms with Crippen LogP contribution in [0.2, 0.25) is 0 Å². The summed E-state index contributed by atoms with van der Waals surface area (Å²) in [6, 6.07) is 15.4. The number of aromatic carboxylic acids is 1. The maximum absolute atomic E-state index is 12.1. The number of benzene rings is 2. The molecule has 0 bridgehead atoms. The highest BCUT2D eigenvalue weighted by atomic mass is 16.4. The molecule has 0 fully saturated rings. The van der Waals surface area contributed by atoms with Crippen LogP contribution in [0.5, 0.6) is 0 Å². The first-order chi connectivity index (χ1) is 9.65. The van der Waals surface area contributed by atoms with E-state index in [0.29, 0.717) is 16.6 Å². The second-order valence-electron chi connectivity index (χ2n) is 4.48. The molecular formula is C16H11NO3. The molecule has 4 heteroatoms. The fraction of sp³-hybridized carbons (Fsp3) is 0. The highest BCUT2D eigenvalue weighted by Crippen LogP contribution is 2.18. The number of fused-ring (bicyclic) bond motifs is 1. The van der Waals surface area contributed by atoms with Gasteiger partial charge < -0.3 is 10.1 Å². The number of carboxylic acids is 1. The Bertz CT molecular complexity index is 850. The molecule has 3 rings (SSSR count). The van der Waals surface area contributed by atoms with Gasteiger partial charge in [-0.1, -0.05) is 30.3 Å². The minimum Gasteiger partial charge on any atom is -0.478 e. The number of hydrogen-bond acceptors (Lipinski definition) is 2. The molecule has 0 saturated heterocycles. The van der Waals surface area contributed by atoms with E-state index in [1.807, 2.05) is 30.3 Å². The molecule has 0 saturated carbocycles. The Hall–Kier alpha value is -2.88. The molecule has 0 aliphatic carbocycles. The molecule has 20 heavy (non-hydrogen) atoms. The predicted octanol–water partition coefficient (Wildman–Crippen LogP) is 2.89. The lowest BCUT2D eigenvalue weighted by atomic mass is 10.1. The third-order valence-electron chi connectivity index (χ3n) is 3.16. The van der Waals surface area contributed by atoms with Crippen LogP contribution in [0.3, 0.4) is 0 Å². The summed E-state index contributed by atoms with van der Waals surface area (Å²) < 4.78 is 0. The van der Waals surface area contributed by atoms with Crippen molar-refractivity contribution in [2.75, 3.05) is 0 Å². The van der Waals surface area contributed by atoms with Crippen molar-refractivity contribution in [3.63, 3.8) is 0 Å². The Morgan fingerprint density at radius 2 is 1.75 bits per heavy atom. The summed E-state index contributed by atoms with van der Waals surface area (Å²) in [5, 5.41) is 9.49. The Morgan fingerprint density at radius 1 is 1.00 bits per heavy atom. The molecule has 1 aromatic heterocycles. The van der Waals surface area contributed by atoms with E-state index in [1.165, 1.54) is 24.3 Å². The Labute approximate surface area is 114 Å². The van der Waals surface area contributed by atoms with Gasteiger partial charge in [0, 0.05) is 17.1 Å². The zero-order chi connectivity index (χ0) is 14.1. The standard InChI is InChI=1S/C16H11NO3/c18-15-9-13(10-4-2-1-3-5-10)17-14-8-11(16(19)20)6-7-12(14)15/h1-9H,(H,17,18)(H,19,20). The summed E-state index contributed by atoms with van der Waals surface area (Å²) in [6.07, 6.45) is 0. The predicted molar refractivity (Wildman–Crippen MR) is 77.0 cm³/mol. The highest BCUT2D eigenvalue weighted by molar-refractivity contribution is 5.93. The van der Waals surface area contributed by atoms with Crippen molar-refractivity contribution < 1.29 is 9.90 Å². The molecule has 2 aromatic carbocycles. The highest BCUT2D eigenvalue weighted by Gasteiger charge is 2.08. The van der Waals surface area contributed by atoms with E-state index >= 15 is 0 Å². The van der Waals surface area contributed by atoms with Gasteiger partial charge in [-0.2, -0.15) is 0 Å². The molecule has 2 N–H and O–H groups in total. The number of pyridine rings is 1. The number of aromatic amines is 1. The van der Waals surface area contributed by atoms with E-state index in [4.69, 9.17) is 5.11 Å². The summed E-state index contributed by atoms with van der Waals surface area (Å²) >= 11 is 0. The first kappa shape index (κ1) is 12.2. The van der Waals surface area contributed by atoms with E-state index in [0.717, 1.165) is 5.56 Å². The lowest BCUT2D eigenvalue weighted by Crippen LogP contribution is -2.04. The van der Waals surface area contributed by atoms with Gasteiger partial charge in [-0.3, -0.25) is 4.79 Å². The number of aromatic nitrogens is 1. The Kier molecular flexibility index (Phi) is 2.84. The van der Waals surface area contributed by atoms with Crippen molar-refractivity contribution >= 4 is 16.9 Å². The molecule has 0 aliphatic rings. The molecule has 0 aliphatic heterocycles. The lowest BCUT2D eigenvalue weighted by molar-refractivity contribution is 0.0697. The minimum absolute atomic E-state index is 0.130. The van der Waals surface area contributed by atoms with Gasteiger partial charge in [0.1, 0.15) is 0 Å². The first-order valence-electron chi connectivity index (χ1n) is 6.11. The van der Waals surface area contributed by atoms with Gasteiger partial charge in [0.25, 0.3) is 0 Å². The number of hydrogen-bond donors (Lipinski definition) is 2. The zero-order valence-corrected chi connectivity index (χ0v) is 10.5. The van der Waals surface area contributed by atoms with Gasteiger partial charge >= 0.3 is 5.97 Å². The third-order valence-corrected chi connectivity index (χ3v) is 3.16. The number of carbonyl (C=O) groups is 1. The van der Waals surface area contributed by atoms with Crippen molar-refractivity contribution in [2.45, 2.75) is 0 Å². The molecular weight excluding hydrogens is 254 g/mol. The van der Waals surface area contributed by atoms with E-state index in [-0.39, 0.29) is 11.0 Å². The summed E-state index contributed by atoms with van der Waals surface area (Å²) in [7, 11) is 0. The van der Waals surface area contributed by atoms with Gasteiger partial charge in [-0.25, -0.2) is 4.79 Å². The molecule has 0 atom stereocenters. The van der Waals surface area contributed by atoms with Crippen LogP contribution < -0.4 is 5.43 Å². The van der Waals surface area contributed by atoms with Crippen LogP contribution in [-0.2, 0) is 0 Å². The normalized spacial score (nSPS) is 10.6. The van der Waals surface area contributed by atoms with Crippen LogP contribution in [0, 0.1) is 0 Å². The van der Waals surface area contributed by atoms with Gasteiger partial charge in [0.15, 0.2) is 5.43 Å². The van der Waals surface area contributed by atoms with Crippen LogP contribution in [-0.4, -0.2) is 16.1 Å².